The van der Waals surface area contributed by atoms with Gasteiger partial charge in [-0.2, -0.15) is 0 Å². The van der Waals surface area contributed by atoms with Gasteiger partial charge in [0.05, 0.1) is 74.6 Å². The van der Waals surface area contributed by atoms with Crippen LogP contribution in [0.15, 0.2) is 107 Å². The van der Waals surface area contributed by atoms with Crippen molar-refractivity contribution in [3.8, 4) is 0 Å². The van der Waals surface area contributed by atoms with Crippen molar-refractivity contribution in [3.63, 3.8) is 0 Å². The summed E-state index contributed by atoms with van der Waals surface area (Å²) in [5, 5.41) is 29.3. The molecule has 2 atom stereocenters. The van der Waals surface area contributed by atoms with Gasteiger partial charge < -0.3 is 28.7 Å². The number of hydrogen-bond donors (Lipinski definition) is 2. The first-order valence-electron chi connectivity index (χ1n) is 20.6. The van der Waals surface area contributed by atoms with E-state index in [1.807, 2.05) is 24.3 Å². The van der Waals surface area contributed by atoms with Crippen LogP contribution >= 0.6 is 0 Å². The van der Waals surface area contributed by atoms with E-state index in [-0.39, 0.29) is 9.79 Å². The molecule has 0 radical (unpaired) electrons. The lowest BCUT2D eigenvalue weighted by Crippen LogP contribution is -2.53. The van der Waals surface area contributed by atoms with E-state index in [0.29, 0.717) is 23.5 Å². The average molecular weight is 967 g/mol. The number of likely N-dealkylation sites (N-methyl/N-ethyl adjacent to an activating group) is 2. The maximum absolute atomic E-state index is 12.9. The molecule has 0 aliphatic rings. The van der Waals surface area contributed by atoms with Gasteiger partial charge in [-0.25, -0.2) is 16.8 Å². The molecule has 0 fully saturated rings. The Hall–Kier alpha value is -5.43. The van der Waals surface area contributed by atoms with Crippen molar-refractivity contribution in [1.82, 2.24) is 0 Å². The highest BCUT2D eigenvalue weighted by molar-refractivity contribution is 7.93. The summed E-state index contributed by atoms with van der Waals surface area (Å²) in [4.78, 5) is 20.4. The normalized spacial score (nSPS) is 12.9. The number of nitrogens with one attached hydrogen (secondary N) is 2. The number of nitrogens with zero attached hydrogens (tertiary/aromatic N) is 6. The standard InChI is InChI=1S/2C21H31N4O4S.H2O4S/c2*1-6-25(5,7-2)17(3)16-22-18-12-14-19(15-13-18)23(4)30(28,29)21-11-9-8-10-20(21)24(26)27;1-5(2,3)4/h2*8-15,17,22H,6-7,16H2,1-5H3;(H2,1,2,3,4)/q2*+1;/p-2. The van der Waals surface area contributed by atoms with Gasteiger partial charge in [-0.05, 0) is 102 Å². The van der Waals surface area contributed by atoms with Gasteiger partial charge in [-0.15, -0.1) is 0 Å². The Morgan fingerprint density at radius 2 is 0.800 bits per heavy atom. The van der Waals surface area contributed by atoms with Crippen LogP contribution in [0.4, 0.5) is 34.1 Å². The van der Waals surface area contributed by atoms with Gasteiger partial charge in [0.25, 0.3) is 31.4 Å². The van der Waals surface area contributed by atoms with Gasteiger partial charge in [-0.1, -0.05) is 24.3 Å². The van der Waals surface area contributed by atoms with Gasteiger partial charge in [0.15, 0.2) is 9.79 Å². The SMILES string of the molecule is CC[N+](C)(CC)C(C)CNc1ccc(N(C)S(=O)(=O)c2ccccc2[N+](=O)[O-])cc1.CC[N+](C)(CC)C(C)CNc1ccc(N(C)S(=O)(=O)c2ccccc2[N+](=O)[O-])cc1.O=S(=O)([O-])[O-]. The minimum absolute atomic E-state index is 0.329. The molecule has 0 spiro atoms. The summed E-state index contributed by atoms with van der Waals surface area (Å²) in [6.45, 7) is 18.9. The fourth-order valence-corrected chi connectivity index (χ4v) is 9.17. The predicted octanol–water partition coefficient (Wildman–Crippen LogP) is 6.08. The van der Waals surface area contributed by atoms with Crippen molar-refractivity contribution >= 4 is 64.6 Å². The third-order valence-electron chi connectivity index (χ3n) is 12.1. The van der Waals surface area contributed by atoms with Gasteiger partial charge >= 0.3 is 0 Å². The van der Waals surface area contributed by atoms with E-state index in [1.165, 1.54) is 62.6 Å². The second-order valence-corrected chi connectivity index (χ2v) is 20.3. The Balaban J connectivity index is 0.000000404. The van der Waals surface area contributed by atoms with Crippen LogP contribution in [0.5, 0.6) is 0 Å². The summed E-state index contributed by atoms with van der Waals surface area (Å²) >= 11 is 0. The van der Waals surface area contributed by atoms with Crippen molar-refractivity contribution in [2.24, 2.45) is 0 Å². The lowest BCUT2D eigenvalue weighted by molar-refractivity contribution is -0.926. The Morgan fingerprint density at radius 3 is 1.05 bits per heavy atom. The fourth-order valence-electron chi connectivity index (χ4n) is 6.47. The molecule has 0 heterocycles. The number of sulfonamides is 2. The van der Waals surface area contributed by atoms with Crippen LogP contribution in [0.3, 0.4) is 0 Å². The van der Waals surface area contributed by atoms with E-state index in [9.17, 15) is 37.1 Å². The van der Waals surface area contributed by atoms with E-state index in [0.717, 1.165) is 68.2 Å². The highest BCUT2D eigenvalue weighted by Crippen LogP contribution is 2.31. The number of quaternary nitrogens is 2. The summed E-state index contributed by atoms with van der Waals surface area (Å²) in [6, 6.07) is 25.6. The fraction of sp³-hybridized carbons (Fsp3) is 0.429. The number of hydrogen-bond acceptors (Lipinski definition) is 14. The molecule has 0 aliphatic carbocycles. The summed E-state index contributed by atoms with van der Waals surface area (Å²) in [7, 11) is -6.04. The molecule has 0 amide bonds. The van der Waals surface area contributed by atoms with Crippen LogP contribution in [0.25, 0.3) is 0 Å². The van der Waals surface area contributed by atoms with Crippen molar-refractivity contribution in [2.75, 3.05) is 86.7 Å². The molecule has 2 N–H and O–H groups in total. The predicted molar refractivity (Wildman–Crippen MR) is 251 cm³/mol. The smallest absolute Gasteiger partial charge is 0.289 e. The molecule has 0 aliphatic heterocycles. The van der Waals surface area contributed by atoms with E-state index >= 15 is 0 Å². The van der Waals surface area contributed by atoms with Gasteiger partial charge in [-0.3, -0.25) is 37.3 Å². The molecule has 4 rings (SSSR count). The molecule has 0 aromatic heterocycles. The molecule has 0 saturated carbocycles. The average Bonchev–Trinajstić information content (AvgIpc) is 3.28. The topological polar surface area (TPSA) is 265 Å². The van der Waals surface area contributed by atoms with Crippen molar-refractivity contribution < 1.29 is 53.2 Å². The number of anilines is 4. The molecule has 20 nitrogen and oxygen atoms in total. The summed E-state index contributed by atoms with van der Waals surface area (Å²) < 4.78 is 89.9. The second kappa shape index (κ2) is 23.7. The van der Waals surface area contributed by atoms with Crippen LogP contribution in [-0.2, 0) is 30.4 Å². The molecule has 23 heteroatoms. The van der Waals surface area contributed by atoms with Gasteiger partial charge in [0.2, 0.25) is 0 Å². The molecular formula is C42H62N8O12S3. The molecule has 2 unspecified atom stereocenters. The first-order chi connectivity index (χ1) is 30.1. The quantitative estimate of drug-likeness (QED) is 0.0335. The Bertz CT molecular complexity index is 2350. The zero-order chi connectivity index (χ0) is 49.6. The minimum Gasteiger partial charge on any atom is -0.759 e. The van der Waals surface area contributed by atoms with Crippen LogP contribution < -0.4 is 19.2 Å². The molecule has 0 saturated heterocycles. The van der Waals surface area contributed by atoms with Crippen molar-refractivity contribution in [3.05, 3.63) is 117 Å². The monoisotopic (exact) mass is 966 g/mol. The molecule has 65 heavy (non-hydrogen) atoms. The van der Waals surface area contributed by atoms with Crippen LogP contribution in [0.1, 0.15) is 41.5 Å². The molecular weight excluding hydrogens is 905 g/mol. The number of nitro groups is 2. The van der Waals surface area contributed by atoms with Crippen LogP contribution in [0, 0.1) is 20.2 Å². The molecule has 360 valence electrons. The van der Waals surface area contributed by atoms with E-state index < -0.39 is 51.7 Å². The second-order valence-electron chi connectivity index (χ2n) is 15.6. The van der Waals surface area contributed by atoms with Gasteiger partial charge in [0, 0.05) is 48.0 Å². The highest BCUT2D eigenvalue weighted by atomic mass is 32.3. The van der Waals surface area contributed by atoms with Gasteiger partial charge in [0.1, 0.15) is 12.1 Å². The summed E-state index contributed by atoms with van der Waals surface area (Å²) in [6.07, 6.45) is 0. The van der Waals surface area contributed by atoms with Crippen molar-refractivity contribution in [2.45, 2.75) is 63.4 Å². The molecule has 0 bridgehead atoms. The van der Waals surface area contributed by atoms with E-state index in [1.54, 1.807) is 24.3 Å². The maximum atomic E-state index is 12.9. The first-order valence-corrected chi connectivity index (χ1v) is 24.8. The zero-order valence-corrected chi connectivity index (χ0v) is 40.9. The number of nitro benzene ring substituents is 2. The maximum Gasteiger partial charge on any atom is 0.289 e. The first kappa shape index (κ1) is 55.7. The summed E-state index contributed by atoms with van der Waals surface area (Å²) in [5.74, 6) is 0. The number of para-hydroxylation sites is 2. The number of rotatable bonds is 20. The largest absolute Gasteiger partial charge is 0.759 e. The zero-order valence-electron chi connectivity index (χ0n) is 38.4. The Kier molecular flexibility index (Phi) is 20.3. The lowest BCUT2D eigenvalue weighted by Gasteiger charge is -2.38. The summed E-state index contributed by atoms with van der Waals surface area (Å²) in [5.41, 5.74) is 1.75. The van der Waals surface area contributed by atoms with Crippen LogP contribution in [0.2, 0.25) is 0 Å². The van der Waals surface area contributed by atoms with E-state index in [4.69, 9.17) is 17.5 Å². The minimum atomic E-state index is -5.17. The van der Waals surface area contributed by atoms with Crippen LogP contribution in [-0.4, -0.2) is 133 Å². The number of benzene rings is 4. The third-order valence-corrected chi connectivity index (χ3v) is 15.7. The van der Waals surface area contributed by atoms with Crippen molar-refractivity contribution in [1.29, 1.82) is 0 Å². The van der Waals surface area contributed by atoms with E-state index in [2.05, 4.69) is 66.3 Å². The molecule has 4 aromatic rings. The Morgan fingerprint density at radius 1 is 0.538 bits per heavy atom. The highest BCUT2D eigenvalue weighted by Gasteiger charge is 2.31. The lowest BCUT2D eigenvalue weighted by atomic mass is 10.2. The third kappa shape index (κ3) is 15.3. The Labute approximate surface area is 383 Å². The molecule has 4 aromatic carbocycles.